The van der Waals surface area contributed by atoms with Gasteiger partial charge in [-0.3, -0.25) is 0 Å². The summed E-state index contributed by atoms with van der Waals surface area (Å²) in [4.78, 5) is 4.44. The molecule has 98 valence electrons. The summed E-state index contributed by atoms with van der Waals surface area (Å²) in [5, 5.41) is 0.747. The van der Waals surface area contributed by atoms with Gasteiger partial charge in [0, 0.05) is 22.8 Å². The number of aryl methyl sites for hydroxylation is 2. The molecule has 19 heavy (non-hydrogen) atoms. The van der Waals surface area contributed by atoms with E-state index in [2.05, 4.69) is 4.98 Å². The Bertz CT molecular complexity index is 620. The summed E-state index contributed by atoms with van der Waals surface area (Å²) in [5.74, 6) is 1.14. The zero-order chi connectivity index (χ0) is 14.0. The number of halogens is 1. The number of benzene rings is 1. The number of thiocarbonyl (C=S) groups is 1. The second-order valence-electron chi connectivity index (χ2n) is 4.22. The molecule has 1 heterocycles. The second kappa shape index (κ2) is 5.55. The highest BCUT2D eigenvalue weighted by molar-refractivity contribution is 7.80. The van der Waals surface area contributed by atoms with E-state index in [1.807, 2.05) is 26.0 Å². The van der Waals surface area contributed by atoms with Crippen LogP contribution in [0, 0.1) is 13.8 Å². The zero-order valence-electron chi connectivity index (χ0n) is 10.6. The van der Waals surface area contributed by atoms with Crippen molar-refractivity contribution < 1.29 is 4.74 Å². The molecule has 0 aliphatic carbocycles. The fourth-order valence-corrected chi connectivity index (χ4v) is 1.94. The van der Waals surface area contributed by atoms with Crippen LogP contribution in [0.2, 0.25) is 5.02 Å². The molecule has 1 aromatic heterocycles. The highest BCUT2D eigenvalue weighted by Crippen LogP contribution is 2.28. The van der Waals surface area contributed by atoms with E-state index in [0.717, 1.165) is 21.7 Å². The van der Waals surface area contributed by atoms with Crippen molar-refractivity contribution in [2.45, 2.75) is 13.8 Å². The molecule has 0 bridgehead atoms. The zero-order valence-corrected chi connectivity index (χ0v) is 12.2. The second-order valence-corrected chi connectivity index (χ2v) is 5.04. The van der Waals surface area contributed by atoms with Crippen LogP contribution in [-0.4, -0.2) is 9.97 Å². The topological polar surface area (TPSA) is 48.1 Å². The normalized spacial score (nSPS) is 10.3. The molecular weight excluding hydrogens is 280 g/mol. The van der Waals surface area contributed by atoms with Crippen LogP contribution in [0.5, 0.6) is 11.6 Å². The molecule has 0 spiro atoms. The summed E-state index contributed by atoms with van der Waals surface area (Å²) in [6, 6.07) is 7.18. The van der Waals surface area contributed by atoms with Gasteiger partial charge in [0.2, 0.25) is 5.88 Å². The van der Waals surface area contributed by atoms with Gasteiger partial charge in [0.15, 0.2) is 0 Å². The van der Waals surface area contributed by atoms with Crippen molar-refractivity contribution in [3.05, 3.63) is 52.2 Å². The number of ether oxygens (including phenoxy) is 1. The van der Waals surface area contributed by atoms with E-state index in [1.54, 1.807) is 18.3 Å². The van der Waals surface area contributed by atoms with Gasteiger partial charge in [0.25, 0.3) is 0 Å². The fourth-order valence-electron chi connectivity index (χ4n) is 1.70. The number of hydrogen-bond acceptors (Lipinski definition) is 3. The van der Waals surface area contributed by atoms with Gasteiger partial charge in [-0.25, -0.2) is 4.98 Å². The maximum Gasteiger partial charge on any atom is 0.219 e. The minimum Gasteiger partial charge on any atom is -0.439 e. The van der Waals surface area contributed by atoms with Gasteiger partial charge < -0.3 is 10.5 Å². The lowest BCUT2D eigenvalue weighted by atomic mass is 10.1. The van der Waals surface area contributed by atoms with Crippen molar-refractivity contribution in [2.75, 3.05) is 0 Å². The average Bonchev–Trinajstić information content (AvgIpc) is 2.36. The lowest BCUT2D eigenvalue weighted by Gasteiger charge is -2.09. The van der Waals surface area contributed by atoms with Crippen molar-refractivity contribution in [1.29, 1.82) is 0 Å². The lowest BCUT2D eigenvalue weighted by molar-refractivity contribution is 0.462. The standard InChI is InChI=1S/C14H13ClN2OS/c1-8-5-11(6-9(2)13(8)15)18-12-7-10(14(16)19)3-4-17-12/h3-7H,1-2H3,(H2,16,19). The molecule has 0 atom stereocenters. The molecular formula is C14H13ClN2OS. The van der Waals surface area contributed by atoms with Crippen LogP contribution in [0.15, 0.2) is 30.5 Å². The number of hydrogen-bond donors (Lipinski definition) is 1. The molecule has 1 aromatic carbocycles. The number of rotatable bonds is 3. The largest absolute Gasteiger partial charge is 0.439 e. The summed E-state index contributed by atoms with van der Waals surface area (Å²) in [5.41, 5.74) is 8.22. The van der Waals surface area contributed by atoms with Gasteiger partial charge in [-0.15, -0.1) is 0 Å². The van der Waals surface area contributed by atoms with Gasteiger partial charge in [0.05, 0.1) is 0 Å². The van der Waals surface area contributed by atoms with E-state index in [1.165, 1.54) is 0 Å². The molecule has 0 aliphatic rings. The van der Waals surface area contributed by atoms with Crippen LogP contribution in [-0.2, 0) is 0 Å². The summed E-state index contributed by atoms with van der Waals surface area (Å²) in [7, 11) is 0. The third-order valence-electron chi connectivity index (χ3n) is 2.65. The van der Waals surface area contributed by atoms with Gasteiger partial charge in [-0.2, -0.15) is 0 Å². The van der Waals surface area contributed by atoms with Gasteiger partial charge in [-0.1, -0.05) is 23.8 Å². The van der Waals surface area contributed by atoms with Gasteiger partial charge >= 0.3 is 0 Å². The highest BCUT2D eigenvalue weighted by atomic mass is 35.5. The molecule has 0 saturated heterocycles. The Morgan fingerprint density at radius 3 is 2.47 bits per heavy atom. The predicted octanol–water partition coefficient (Wildman–Crippen LogP) is 3.78. The number of nitrogens with zero attached hydrogens (tertiary/aromatic N) is 1. The summed E-state index contributed by atoms with van der Waals surface area (Å²) < 4.78 is 5.70. The molecule has 5 heteroatoms. The molecule has 3 nitrogen and oxygen atoms in total. The first-order valence-corrected chi connectivity index (χ1v) is 6.46. The maximum atomic E-state index is 6.11. The summed E-state index contributed by atoms with van der Waals surface area (Å²) in [6.45, 7) is 3.86. The Morgan fingerprint density at radius 2 is 1.89 bits per heavy atom. The van der Waals surface area contributed by atoms with E-state index in [4.69, 9.17) is 34.3 Å². The smallest absolute Gasteiger partial charge is 0.219 e. The van der Waals surface area contributed by atoms with E-state index in [9.17, 15) is 0 Å². The molecule has 0 saturated carbocycles. The number of nitrogens with two attached hydrogens (primary N) is 1. The Morgan fingerprint density at radius 1 is 1.26 bits per heavy atom. The molecule has 0 unspecified atom stereocenters. The van der Waals surface area contributed by atoms with Crippen molar-refractivity contribution >= 4 is 28.8 Å². The Balaban J connectivity index is 2.31. The lowest BCUT2D eigenvalue weighted by Crippen LogP contribution is -2.09. The molecule has 0 fully saturated rings. The first kappa shape index (κ1) is 13.8. The molecule has 0 aliphatic heterocycles. The predicted molar refractivity (Wildman–Crippen MR) is 81.1 cm³/mol. The van der Waals surface area contributed by atoms with E-state index in [-0.39, 0.29) is 0 Å². The SMILES string of the molecule is Cc1cc(Oc2cc(C(N)=S)ccn2)cc(C)c1Cl. The molecule has 2 N–H and O–H groups in total. The quantitative estimate of drug-likeness (QED) is 0.875. The van der Waals surface area contributed by atoms with Gasteiger partial charge in [-0.05, 0) is 43.2 Å². The molecule has 2 rings (SSSR count). The third-order valence-corrected chi connectivity index (χ3v) is 3.48. The van der Waals surface area contributed by atoms with E-state index in [0.29, 0.717) is 16.6 Å². The molecule has 0 amide bonds. The van der Waals surface area contributed by atoms with Crippen LogP contribution in [0.1, 0.15) is 16.7 Å². The van der Waals surface area contributed by atoms with Gasteiger partial charge in [0.1, 0.15) is 10.7 Å². The summed E-state index contributed by atoms with van der Waals surface area (Å²) in [6.07, 6.45) is 1.61. The maximum absolute atomic E-state index is 6.11. The molecule has 0 radical (unpaired) electrons. The van der Waals surface area contributed by atoms with Crippen LogP contribution in [0.3, 0.4) is 0 Å². The first-order chi connectivity index (χ1) is 8.97. The highest BCUT2D eigenvalue weighted by Gasteiger charge is 2.06. The Labute approximate surface area is 122 Å². The monoisotopic (exact) mass is 292 g/mol. The Hall–Kier alpha value is -1.65. The third kappa shape index (κ3) is 3.22. The minimum atomic E-state index is 0.315. The summed E-state index contributed by atoms with van der Waals surface area (Å²) >= 11 is 11.0. The minimum absolute atomic E-state index is 0.315. The fraction of sp³-hybridized carbons (Fsp3) is 0.143. The molecule has 2 aromatic rings. The van der Waals surface area contributed by atoms with Crippen molar-refractivity contribution in [3.63, 3.8) is 0 Å². The van der Waals surface area contributed by atoms with Crippen molar-refractivity contribution in [1.82, 2.24) is 4.98 Å². The van der Waals surface area contributed by atoms with Crippen LogP contribution in [0.25, 0.3) is 0 Å². The first-order valence-electron chi connectivity index (χ1n) is 5.68. The van der Waals surface area contributed by atoms with Crippen molar-refractivity contribution in [2.24, 2.45) is 5.73 Å². The van der Waals surface area contributed by atoms with Crippen LogP contribution < -0.4 is 10.5 Å². The van der Waals surface area contributed by atoms with E-state index >= 15 is 0 Å². The number of pyridine rings is 1. The van der Waals surface area contributed by atoms with E-state index < -0.39 is 0 Å². The average molecular weight is 293 g/mol. The Kier molecular flexibility index (Phi) is 4.02. The van der Waals surface area contributed by atoms with Crippen molar-refractivity contribution in [3.8, 4) is 11.6 Å². The van der Waals surface area contributed by atoms with Crippen LogP contribution >= 0.6 is 23.8 Å². The van der Waals surface area contributed by atoms with Crippen LogP contribution in [0.4, 0.5) is 0 Å². The number of aromatic nitrogens is 1.